The molecule has 160 valence electrons. The van der Waals surface area contributed by atoms with Crippen molar-refractivity contribution in [1.82, 2.24) is 0 Å². The van der Waals surface area contributed by atoms with Crippen molar-refractivity contribution in [3.63, 3.8) is 0 Å². The Bertz CT molecular complexity index is 1390. The van der Waals surface area contributed by atoms with E-state index in [2.05, 4.69) is 104 Å². The molecule has 0 spiro atoms. The number of nitrogens with zero attached hydrogens (tertiary/aromatic N) is 2. The minimum absolute atomic E-state index is 0.0857. The van der Waals surface area contributed by atoms with Crippen molar-refractivity contribution in [2.45, 2.75) is 32.0 Å². The molecule has 0 bridgehead atoms. The first-order valence-electron chi connectivity index (χ1n) is 11.1. The molecule has 1 saturated heterocycles. The Hall–Kier alpha value is -3.05. The molecule has 2 unspecified atom stereocenters. The van der Waals surface area contributed by atoms with E-state index in [9.17, 15) is 0 Å². The maximum atomic E-state index is 6.15. The summed E-state index contributed by atoms with van der Waals surface area (Å²) in [5.41, 5.74) is 7.72. The molecule has 1 fully saturated rings. The van der Waals surface area contributed by atoms with Gasteiger partial charge in [-0.05, 0) is 30.2 Å². The van der Waals surface area contributed by atoms with Crippen molar-refractivity contribution < 1.29 is 19.1 Å². The molecule has 1 aromatic heterocycles. The van der Waals surface area contributed by atoms with Crippen LogP contribution in [-0.2, 0) is 20.9 Å². The zero-order valence-corrected chi connectivity index (χ0v) is 19.2. The number of pyridine rings is 1. The third kappa shape index (κ3) is 1.97. The van der Waals surface area contributed by atoms with E-state index in [4.69, 9.17) is 9.68 Å². The molecule has 3 heterocycles. The molecule has 2 atom stereocenters. The molecule has 0 amide bonds. The summed E-state index contributed by atoms with van der Waals surface area (Å²) in [5, 5.41) is 1.22. The van der Waals surface area contributed by atoms with Gasteiger partial charge in [-0.3, -0.25) is 0 Å². The fourth-order valence-electron chi connectivity index (χ4n) is 6.41. The topological polar surface area (TPSA) is 22.3 Å². The molecule has 0 saturated carbocycles. The van der Waals surface area contributed by atoms with E-state index in [1.807, 2.05) is 0 Å². The van der Waals surface area contributed by atoms with Gasteiger partial charge >= 0.3 is 11.2 Å². The number of hydrogen-bond acceptors (Lipinski definition) is 2. The first-order chi connectivity index (χ1) is 15.4. The normalized spacial score (nSPS) is 24.5. The van der Waals surface area contributed by atoms with E-state index in [0.29, 0.717) is 0 Å². The van der Waals surface area contributed by atoms with Gasteiger partial charge in [-0.25, -0.2) is 0 Å². The van der Waals surface area contributed by atoms with Crippen LogP contribution in [0.15, 0.2) is 78.9 Å². The smallest absolute Gasteiger partial charge is 0.164 e. The number of aryl methyl sites for hydroxylation is 1. The minimum atomic E-state index is -0.455. The average molecular weight is 425 g/mol. The highest BCUT2D eigenvalue weighted by atomic mass is 17.0. The first kappa shape index (κ1) is 19.6. The second-order valence-corrected chi connectivity index (χ2v) is 9.22. The van der Waals surface area contributed by atoms with Crippen LogP contribution in [0, 0.1) is 6.92 Å². The SMILES string of the molecule is CO[N+]1(OC)C2(C)c3ccc(C)cc3-c3ccc4c(-c5ccccc5)cccc4[n+]3C21C. The summed E-state index contributed by atoms with van der Waals surface area (Å²) in [7, 11) is 3.49. The number of benzene rings is 3. The highest BCUT2D eigenvalue weighted by molar-refractivity contribution is 5.94. The lowest BCUT2D eigenvalue weighted by atomic mass is 9.83. The van der Waals surface area contributed by atoms with Gasteiger partial charge in [-0.2, -0.15) is 9.68 Å². The third-order valence-corrected chi connectivity index (χ3v) is 8.02. The number of hydroxylamine groups is 4. The first-order valence-corrected chi connectivity index (χ1v) is 11.1. The highest BCUT2D eigenvalue weighted by Gasteiger charge is 3.02. The quantitative estimate of drug-likeness (QED) is 0.242. The monoisotopic (exact) mass is 424 g/mol. The molecule has 2 aliphatic heterocycles. The number of fused-ring (bicyclic) bond motifs is 8. The molecule has 0 radical (unpaired) electrons. The molecule has 4 heteroatoms. The van der Waals surface area contributed by atoms with Crippen LogP contribution in [0.5, 0.6) is 0 Å². The summed E-state index contributed by atoms with van der Waals surface area (Å²) >= 11 is 0. The van der Waals surface area contributed by atoms with E-state index in [1.165, 1.54) is 44.4 Å². The zero-order valence-electron chi connectivity index (χ0n) is 19.2. The summed E-state index contributed by atoms with van der Waals surface area (Å²) in [6.45, 7) is 6.65. The fraction of sp³-hybridized carbons (Fsp3) is 0.250. The fourth-order valence-corrected chi connectivity index (χ4v) is 6.41. The Labute approximate surface area is 188 Å². The van der Waals surface area contributed by atoms with Gasteiger partial charge < -0.3 is 0 Å². The summed E-state index contributed by atoms with van der Waals surface area (Å²) in [4.78, 5) is 12.4. The maximum Gasteiger partial charge on any atom is 0.417 e. The van der Waals surface area contributed by atoms with Crippen molar-refractivity contribution in [3.05, 3.63) is 90.0 Å². The van der Waals surface area contributed by atoms with Crippen molar-refractivity contribution in [2.75, 3.05) is 14.2 Å². The van der Waals surface area contributed by atoms with Crippen molar-refractivity contribution in [3.8, 4) is 22.4 Å². The van der Waals surface area contributed by atoms with Gasteiger partial charge in [0.25, 0.3) is 0 Å². The number of hydrogen-bond donors (Lipinski definition) is 0. The van der Waals surface area contributed by atoms with Gasteiger partial charge in [0.05, 0.1) is 32.1 Å². The average Bonchev–Trinajstić information content (AvgIpc) is 3.29. The molecule has 0 N–H and O–H groups in total. The van der Waals surface area contributed by atoms with E-state index in [-0.39, 0.29) is 10.3 Å². The second-order valence-electron chi connectivity index (χ2n) is 9.22. The summed E-state index contributed by atoms with van der Waals surface area (Å²) in [6, 6.07) is 28.4. The van der Waals surface area contributed by atoms with Crippen molar-refractivity contribution >= 4 is 10.9 Å². The van der Waals surface area contributed by atoms with E-state index in [1.54, 1.807) is 14.2 Å². The van der Waals surface area contributed by atoms with E-state index in [0.717, 1.165) is 0 Å². The van der Waals surface area contributed by atoms with Gasteiger partial charge in [-0.1, -0.05) is 60.2 Å². The number of aromatic nitrogens is 1. The van der Waals surface area contributed by atoms with Crippen molar-refractivity contribution in [2.24, 2.45) is 0 Å². The molecule has 4 aromatic rings. The van der Waals surface area contributed by atoms with Crippen LogP contribution in [0.1, 0.15) is 25.0 Å². The number of rotatable bonds is 3. The standard InChI is InChI=1S/C28H28N2O2/c1-19-14-16-24-23(18-19)26-17-15-22-21(20-10-7-6-8-11-20)12-9-13-25(22)29(26)28(3)27(24,2)30(28,31-4)32-5/h6-18H,1-5H3/q+2. The lowest BCUT2D eigenvalue weighted by Gasteiger charge is -2.18. The summed E-state index contributed by atoms with van der Waals surface area (Å²) in [5.74, 6) is 0. The molecule has 0 aliphatic carbocycles. The Kier molecular flexibility index (Phi) is 3.84. The van der Waals surface area contributed by atoms with Gasteiger partial charge in [-0.15, -0.1) is 4.57 Å². The van der Waals surface area contributed by atoms with Crippen LogP contribution in [-0.4, -0.2) is 19.0 Å². The molecular formula is C28H28N2O2+2. The van der Waals surface area contributed by atoms with Crippen LogP contribution >= 0.6 is 0 Å². The Morgan fingerprint density at radius 3 is 2.25 bits per heavy atom. The molecule has 32 heavy (non-hydrogen) atoms. The predicted octanol–water partition coefficient (Wildman–Crippen LogP) is 5.62. The zero-order chi connectivity index (χ0) is 22.3. The second kappa shape index (κ2) is 6.26. The molecule has 2 aliphatic rings. The van der Waals surface area contributed by atoms with E-state index < -0.39 is 5.66 Å². The summed E-state index contributed by atoms with van der Waals surface area (Å²) in [6.07, 6.45) is 0. The van der Waals surface area contributed by atoms with Gasteiger partial charge in [0.2, 0.25) is 11.2 Å². The maximum absolute atomic E-state index is 6.15. The van der Waals surface area contributed by atoms with E-state index >= 15 is 0 Å². The molecular weight excluding hydrogens is 396 g/mol. The predicted molar refractivity (Wildman–Crippen MR) is 125 cm³/mol. The lowest BCUT2D eigenvalue weighted by molar-refractivity contribution is -1.23. The van der Waals surface area contributed by atoms with Gasteiger partial charge in [0.1, 0.15) is 0 Å². The van der Waals surface area contributed by atoms with Crippen LogP contribution in [0.3, 0.4) is 0 Å². The van der Waals surface area contributed by atoms with Gasteiger partial charge in [0, 0.05) is 29.4 Å². The molecule has 6 rings (SSSR count). The van der Waals surface area contributed by atoms with Crippen LogP contribution in [0.2, 0.25) is 0 Å². The lowest BCUT2D eigenvalue weighted by Crippen LogP contribution is -2.56. The Morgan fingerprint density at radius 2 is 1.53 bits per heavy atom. The van der Waals surface area contributed by atoms with Crippen molar-refractivity contribution in [1.29, 1.82) is 0 Å². The highest BCUT2D eigenvalue weighted by Crippen LogP contribution is 2.70. The summed E-state index contributed by atoms with van der Waals surface area (Å²) < 4.78 is 2.45. The van der Waals surface area contributed by atoms with Crippen LogP contribution < -0.4 is 4.57 Å². The number of quaternary nitrogens is 1. The minimum Gasteiger partial charge on any atom is -0.164 e. The van der Waals surface area contributed by atoms with Gasteiger partial charge in [0.15, 0.2) is 0 Å². The largest absolute Gasteiger partial charge is 0.417 e. The van der Waals surface area contributed by atoms with Crippen LogP contribution in [0.4, 0.5) is 0 Å². The third-order valence-electron chi connectivity index (χ3n) is 8.02. The van der Waals surface area contributed by atoms with Crippen LogP contribution in [0.25, 0.3) is 33.3 Å². The Balaban J connectivity index is 1.76. The molecule has 4 nitrogen and oxygen atoms in total. The Morgan fingerprint density at radius 1 is 0.781 bits per heavy atom. The molecule has 3 aromatic carbocycles.